The molecule has 0 amide bonds. The van der Waals surface area contributed by atoms with E-state index in [0.29, 0.717) is 25.9 Å². The zero-order valence-corrected chi connectivity index (χ0v) is 6.57. The average Bonchev–Trinajstić information content (AvgIpc) is 2.05. The molecule has 0 aromatic carbocycles. The third kappa shape index (κ3) is 1.68. The van der Waals surface area contributed by atoms with Crippen molar-refractivity contribution < 1.29 is 13.5 Å². The van der Waals surface area contributed by atoms with Crippen molar-refractivity contribution in [1.29, 1.82) is 0 Å². The summed E-state index contributed by atoms with van der Waals surface area (Å²) in [7, 11) is 1.36. The summed E-state index contributed by atoms with van der Waals surface area (Å²) in [6, 6.07) is 0. The fraction of sp³-hybridized carbons (Fsp3) is 1.00. The van der Waals surface area contributed by atoms with E-state index in [1.54, 1.807) is 0 Å². The van der Waals surface area contributed by atoms with Gasteiger partial charge in [-0.05, 0) is 25.9 Å². The molecular formula is C7H13F2NO. The van der Waals surface area contributed by atoms with Crippen LogP contribution < -0.4 is 5.32 Å². The summed E-state index contributed by atoms with van der Waals surface area (Å²) in [6.07, 6.45) is -1.56. The molecular weight excluding hydrogens is 152 g/mol. The van der Waals surface area contributed by atoms with E-state index in [-0.39, 0.29) is 0 Å². The first-order valence-electron chi connectivity index (χ1n) is 3.75. The lowest BCUT2D eigenvalue weighted by molar-refractivity contribution is -0.136. The maximum atomic E-state index is 12.4. The molecule has 1 fully saturated rings. The van der Waals surface area contributed by atoms with Gasteiger partial charge in [-0.1, -0.05) is 0 Å². The van der Waals surface area contributed by atoms with Crippen LogP contribution in [-0.2, 0) is 4.74 Å². The van der Waals surface area contributed by atoms with Crippen LogP contribution in [0.2, 0.25) is 0 Å². The van der Waals surface area contributed by atoms with Gasteiger partial charge in [0.1, 0.15) is 5.60 Å². The minimum atomic E-state index is -2.37. The van der Waals surface area contributed by atoms with Crippen molar-refractivity contribution in [2.24, 2.45) is 0 Å². The van der Waals surface area contributed by atoms with Crippen LogP contribution in [0.15, 0.2) is 0 Å². The Balaban J connectivity index is 2.57. The summed E-state index contributed by atoms with van der Waals surface area (Å²) in [5, 5.41) is 3.02. The topological polar surface area (TPSA) is 21.3 Å². The Kier molecular flexibility index (Phi) is 2.78. The molecule has 1 saturated heterocycles. The van der Waals surface area contributed by atoms with Gasteiger partial charge in [-0.2, -0.15) is 0 Å². The van der Waals surface area contributed by atoms with Gasteiger partial charge >= 0.3 is 0 Å². The Labute approximate surface area is 64.9 Å². The summed E-state index contributed by atoms with van der Waals surface area (Å²) >= 11 is 0. The van der Waals surface area contributed by atoms with Gasteiger partial charge < -0.3 is 10.1 Å². The van der Waals surface area contributed by atoms with Gasteiger partial charge in [0.2, 0.25) is 0 Å². The van der Waals surface area contributed by atoms with E-state index in [1.165, 1.54) is 7.11 Å². The number of alkyl halides is 2. The lowest BCUT2D eigenvalue weighted by Crippen LogP contribution is -2.48. The highest BCUT2D eigenvalue weighted by Crippen LogP contribution is 2.29. The standard InChI is InChI=1S/C7H13F2NO/c1-11-7(6(8)9)2-4-10-5-3-7/h6,10H,2-5H2,1H3. The van der Waals surface area contributed by atoms with Gasteiger partial charge in [0, 0.05) is 7.11 Å². The summed E-state index contributed by atoms with van der Waals surface area (Å²) < 4.78 is 29.7. The van der Waals surface area contributed by atoms with Crippen molar-refractivity contribution in [2.75, 3.05) is 20.2 Å². The molecule has 0 spiro atoms. The number of piperidine rings is 1. The van der Waals surface area contributed by atoms with Crippen LogP contribution in [-0.4, -0.2) is 32.2 Å². The molecule has 1 heterocycles. The second-order valence-electron chi connectivity index (χ2n) is 2.82. The number of nitrogens with one attached hydrogen (secondary N) is 1. The van der Waals surface area contributed by atoms with Crippen LogP contribution in [0.5, 0.6) is 0 Å². The highest BCUT2D eigenvalue weighted by atomic mass is 19.3. The van der Waals surface area contributed by atoms with E-state index in [9.17, 15) is 8.78 Å². The third-order valence-electron chi connectivity index (χ3n) is 2.25. The third-order valence-corrected chi connectivity index (χ3v) is 2.25. The maximum Gasteiger partial charge on any atom is 0.267 e. The van der Waals surface area contributed by atoms with Crippen LogP contribution in [0.25, 0.3) is 0 Å². The van der Waals surface area contributed by atoms with Crippen LogP contribution >= 0.6 is 0 Å². The van der Waals surface area contributed by atoms with Gasteiger partial charge in [0.05, 0.1) is 0 Å². The lowest BCUT2D eigenvalue weighted by atomic mass is 9.93. The first-order valence-corrected chi connectivity index (χ1v) is 3.75. The predicted molar refractivity (Wildman–Crippen MR) is 37.8 cm³/mol. The Bertz CT molecular complexity index is 124. The summed E-state index contributed by atoms with van der Waals surface area (Å²) in [5.74, 6) is 0. The van der Waals surface area contributed by atoms with Crippen LogP contribution in [0.1, 0.15) is 12.8 Å². The summed E-state index contributed by atoms with van der Waals surface area (Å²) in [4.78, 5) is 0. The molecule has 0 aromatic rings. The van der Waals surface area contributed by atoms with Crippen LogP contribution in [0.4, 0.5) is 8.78 Å². The predicted octanol–water partition coefficient (Wildman–Crippen LogP) is 1.02. The molecule has 11 heavy (non-hydrogen) atoms. The lowest BCUT2D eigenvalue weighted by Gasteiger charge is -2.35. The largest absolute Gasteiger partial charge is 0.372 e. The molecule has 4 heteroatoms. The number of methoxy groups -OCH3 is 1. The number of rotatable bonds is 2. The highest BCUT2D eigenvalue weighted by Gasteiger charge is 2.40. The van der Waals surface area contributed by atoms with E-state index in [2.05, 4.69) is 5.32 Å². The van der Waals surface area contributed by atoms with Crippen LogP contribution in [0.3, 0.4) is 0 Å². The zero-order valence-electron chi connectivity index (χ0n) is 6.57. The Hall–Kier alpha value is -0.220. The molecule has 0 saturated carbocycles. The first kappa shape index (κ1) is 8.87. The molecule has 0 aromatic heterocycles. The van der Waals surface area contributed by atoms with E-state index in [1.807, 2.05) is 0 Å². The molecule has 1 N–H and O–H groups in total. The van der Waals surface area contributed by atoms with E-state index >= 15 is 0 Å². The van der Waals surface area contributed by atoms with E-state index in [4.69, 9.17) is 4.74 Å². The minimum Gasteiger partial charge on any atom is -0.372 e. The molecule has 1 rings (SSSR count). The molecule has 66 valence electrons. The second kappa shape index (κ2) is 3.45. The maximum absolute atomic E-state index is 12.4. The molecule has 1 aliphatic rings. The number of hydrogen-bond acceptors (Lipinski definition) is 2. The Morgan fingerprint density at radius 1 is 1.36 bits per heavy atom. The second-order valence-corrected chi connectivity index (χ2v) is 2.82. The fourth-order valence-corrected chi connectivity index (χ4v) is 1.36. The van der Waals surface area contributed by atoms with Crippen molar-refractivity contribution in [3.63, 3.8) is 0 Å². The molecule has 0 atom stereocenters. The van der Waals surface area contributed by atoms with Crippen molar-refractivity contribution >= 4 is 0 Å². The molecule has 0 radical (unpaired) electrons. The van der Waals surface area contributed by atoms with Gasteiger partial charge in [-0.3, -0.25) is 0 Å². The normalized spacial score (nSPS) is 24.0. The molecule has 0 unspecified atom stereocenters. The van der Waals surface area contributed by atoms with Gasteiger partial charge in [0.25, 0.3) is 6.43 Å². The first-order chi connectivity index (χ1) is 5.21. The van der Waals surface area contributed by atoms with Gasteiger partial charge in [-0.15, -0.1) is 0 Å². The minimum absolute atomic E-state index is 0.404. The smallest absolute Gasteiger partial charge is 0.267 e. The van der Waals surface area contributed by atoms with Crippen LogP contribution in [0, 0.1) is 0 Å². The quantitative estimate of drug-likeness (QED) is 0.659. The monoisotopic (exact) mass is 165 g/mol. The van der Waals surface area contributed by atoms with Crippen molar-refractivity contribution in [3.8, 4) is 0 Å². The van der Waals surface area contributed by atoms with Crippen molar-refractivity contribution in [1.82, 2.24) is 5.32 Å². The van der Waals surface area contributed by atoms with E-state index < -0.39 is 12.0 Å². The number of halogens is 2. The molecule has 1 aliphatic heterocycles. The summed E-state index contributed by atoms with van der Waals surface area (Å²) in [5.41, 5.74) is -1.18. The van der Waals surface area contributed by atoms with E-state index in [0.717, 1.165) is 0 Å². The summed E-state index contributed by atoms with van der Waals surface area (Å²) in [6.45, 7) is 1.25. The van der Waals surface area contributed by atoms with Gasteiger partial charge in [0.15, 0.2) is 0 Å². The molecule has 0 bridgehead atoms. The Morgan fingerprint density at radius 2 is 1.91 bits per heavy atom. The van der Waals surface area contributed by atoms with Gasteiger partial charge in [-0.25, -0.2) is 8.78 Å². The highest BCUT2D eigenvalue weighted by molar-refractivity contribution is 4.88. The fourth-order valence-electron chi connectivity index (χ4n) is 1.36. The Morgan fingerprint density at radius 3 is 2.18 bits per heavy atom. The van der Waals surface area contributed by atoms with Crippen molar-refractivity contribution in [2.45, 2.75) is 24.9 Å². The SMILES string of the molecule is COC1(C(F)F)CCNCC1. The molecule has 2 nitrogen and oxygen atoms in total. The number of ether oxygens (including phenoxy) is 1. The average molecular weight is 165 g/mol. The zero-order chi connectivity index (χ0) is 8.32. The van der Waals surface area contributed by atoms with Crippen molar-refractivity contribution in [3.05, 3.63) is 0 Å². The number of hydrogen-bond donors (Lipinski definition) is 1. The molecule has 0 aliphatic carbocycles.